The summed E-state index contributed by atoms with van der Waals surface area (Å²) < 4.78 is 7.05. The van der Waals surface area contributed by atoms with Gasteiger partial charge in [-0.15, -0.1) is 0 Å². The highest BCUT2D eigenvalue weighted by atomic mass is 16.5. The number of hydrogen-bond acceptors (Lipinski definition) is 5. The lowest BCUT2D eigenvalue weighted by Crippen LogP contribution is -1.93. The van der Waals surface area contributed by atoms with Crippen molar-refractivity contribution < 1.29 is 4.52 Å². The second-order valence-electron chi connectivity index (χ2n) is 4.84. The lowest BCUT2D eigenvalue weighted by Gasteiger charge is -2.06. The van der Waals surface area contributed by atoms with Gasteiger partial charge in [0.1, 0.15) is 0 Å². The molecule has 0 aliphatic heterocycles. The fourth-order valence-corrected chi connectivity index (χ4v) is 2.10. The fraction of sp³-hybridized carbons (Fsp3) is 0.214. The molecule has 0 aliphatic carbocycles. The van der Waals surface area contributed by atoms with E-state index in [1.807, 2.05) is 39.2 Å². The Morgan fingerprint density at radius 1 is 1.25 bits per heavy atom. The van der Waals surface area contributed by atoms with Crippen LogP contribution in [-0.4, -0.2) is 19.9 Å². The van der Waals surface area contributed by atoms with Crippen LogP contribution in [0.2, 0.25) is 0 Å². The van der Waals surface area contributed by atoms with Gasteiger partial charge in [0.25, 0.3) is 5.89 Å². The highest BCUT2D eigenvalue weighted by Gasteiger charge is 2.15. The normalized spacial score (nSPS) is 10.9. The Labute approximate surface area is 116 Å². The van der Waals surface area contributed by atoms with E-state index in [1.165, 1.54) is 0 Å². The van der Waals surface area contributed by atoms with E-state index in [-0.39, 0.29) is 0 Å². The molecule has 0 saturated carbocycles. The second-order valence-corrected chi connectivity index (χ2v) is 4.84. The molecule has 0 radical (unpaired) electrons. The number of aryl methyl sites for hydroxylation is 2. The molecule has 6 heteroatoms. The first kappa shape index (κ1) is 12.4. The van der Waals surface area contributed by atoms with Crippen LogP contribution in [0.1, 0.15) is 11.1 Å². The van der Waals surface area contributed by atoms with Crippen LogP contribution in [0.15, 0.2) is 29.0 Å². The van der Waals surface area contributed by atoms with E-state index in [1.54, 1.807) is 10.9 Å². The van der Waals surface area contributed by atoms with Crippen molar-refractivity contribution in [2.45, 2.75) is 13.8 Å². The highest BCUT2D eigenvalue weighted by Crippen LogP contribution is 2.28. The number of anilines is 1. The Hall–Kier alpha value is -2.63. The molecule has 3 rings (SSSR count). The van der Waals surface area contributed by atoms with Crippen molar-refractivity contribution in [3.63, 3.8) is 0 Å². The Kier molecular flexibility index (Phi) is 2.78. The Morgan fingerprint density at radius 2 is 2.05 bits per heavy atom. The molecule has 0 fully saturated rings. The van der Waals surface area contributed by atoms with Gasteiger partial charge in [0, 0.05) is 24.5 Å². The fourth-order valence-electron chi connectivity index (χ4n) is 2.10. The zero-order valence-electron chi connectivity index (χ0n) is 11.6. The number of benzene rings is 1. The van der Waals surface area contributed by atoms with Gasteiger partial charge in [-0.25, -0.2) is 0 Å². The van der Waals surface area contributed by atoms with Crippen LogP contribution in [0, 0.1) is 13.8 Å². The van der Waals surface area contributed by atoms with Crippen LogP contribution in [0.4, 0.5) is 5.69 Å². The van der Waals surface area contributed by atoms with Crippen LogP contribution in [0.5, 0.6) is 0 Å². The third-order valence-electron chi connectivity index (χ3n) is 3.31. The van der Waals surface area contributed by atoms with Crippen LogP contribution >= 0.6 is 0 Å². The summed E-state index contributed by atoms with van der Waals surface area (Å²) >= 11 is 0. The van der Waals surface area contributed by atoms with Gasteiger partial charge in [-0.3, -0.25) is 4.68 Å². The average molecular weight is 269 g/mol. The molecule has 0 spiro atoms. The van der Waals surface area contributed by atoms with Crippen molar-refractivity contribution >= 4 is 5.69 Å². The molecule has 0 unspecified atom stereocenters. The van der Waals surface area contributed by atoms with Crippen LogP contribution in [0.25, 0.3) is 22.8 Å². The van der Waals surface area contributed by atoms with Crippen molar-refractivity contribution in [2.75, 3.05) is 5.73 Å². The summed E-state index contributed by atoms with van der Waals surface area (Å²) in [6.07, 6.45) is 3.54. The third-order valence-corrected chi connectivity index (χ3v) is 3.31. The minimum atomic E-state index is 0.469. The van der Waals surface area contributed by atoms with Crippen molar-refractivity contribution in [3.8, 4) is 22.8 Å². The molecule has 2 N–H and O–H groups in total. The molecule has 0 aliphatic rings. The SMILES string of the molecule is Cc1cc(N)cc(-c2nc(-c3cnn(C)c3)no2)c1C. The standard InChI is InChI=1S/C14H15N5O/c1-8-4-11(15)5-12(9(8)2)14-17-13(18-20-14)10-6-16-19(3)7-10/h4-7H,15H2,1-3H3. The summed E-state index contributed by atoms with van der Waals surface area (Å²) in [5.74, 6) is 0.990. The first-order valence-corrected chi connectivity index (χ1v) is 6.24. The van der Waals surface area contributed by atoms with Crippen molar-refractivity contribution in [3.05, 3.63) is 35.7 Å². The van der Waals surface area contributed by atoms with E-state index < -0.39 is 0 Å². The maximum atomic E-state index is 5.88. The molecular weight excluding hydrogens is 254 g/mol. The summed E-state index contributed by atoms with van der Waals surface area (Å²) in [7, 11) is 1.84. The summed E-state index contributed by atoms with van der Waals surface area (Å²) in [5, 5.41) is 8.09. The number of nitrogen functional groups attached to an aromatic ring is 1. The zero-order chi connectivity index (χ0) is 14.3. The molecule has 2 aromatic heterocycles. The lowest BCUT2D eigenvalue weighted by atomic mass is 10.0. The van der Waals surface area contributed by atoms with Gasteiger partial charge in [0.2, 0.25) is 5.82 Å². The molecule has 1 aromatic carbocycles. The summed E-state index contributed by atoms with van der Waals surface area (Å²) in [6.45, 7) is 4.02. The van der Waals surface area contributed by atoms with Gasteiger partial charge in [0.15, 0.2) is 0 Å². The molecule has 6 nitrogen and oxygen atoms in total. The minimum Gasteiger partial charge on any atom is -0.399 e. The first-order valence-electron chi connectivity index (χ1n) is 6.24. The predicted octanol–water partition coefficient (Wildman–Crippen LogP) is 2.34. The summed E-state index contributed by atoms with van der Waals surface area (Å²) in [6, 6.07) is 3.78. The largest absolute Gasteiger partial charge is 0.399 e. The van der Waals surface area contributed by atoms with Gasteiger partial charge in [0.05, 0.1) is 11.8 Å². The molecule has 3 aromatic rings. The quantitative estimate of drug-likeness (QED) is 0.722. The zero-order valence-corrected chi connectivity index (χ0v) is 11.6. The molecule has 2 heterocycles. The number of nitrogens with zero attached hydrogens (tertiary/aromatic N) is 4. The number of hydrogen-bond donors (Lipinski definition) is 1. The van der Waals surface area contributed by atoms with Crippen molar-refractivity contribution in [1.82, 2.24) is 19.9 Å². The molecular formula is C14H15N5O. The summed E-state index contributed by atoms with van der Waals surface area (Å²) in [5.41, 5.74) is 10.4. The molecule has 102 valence electrons. The lowest BCUT2D eigenvalue weighted by molar-refractivity contribution is 0.432. The maximum absolute atomic E-state index is 5.88. The highest BCUT2D eigenvalue weighted by molar-refractivity contribution is 5.67. The third kappa shape index (κ3) is 2.05. The van der Waals surface area contributed by atoms with E-state index in [9.17, 15) is 0 Å². The topological polar surface area (TPSA) is 82.8 Å². The molecule has 0 amide bonds. The summed E-state index contributed by atoms with van der Waals surface area (Å²) in [4.78, 5) is 4.42. The van der Waals surface area contributed by atoms with E-state index in [4.69, 9.17) is 10.3 Å². The van der Waals surface area contributed by atoms with E-state index in [2.05, 4.69) is 15.2 Å². The molecule has 0 bridgehead atoms. The van der Waals surface area contributed by atoms with Crippen LogP contribution < -0.4 is 5.73 Å². The maximum Gasteiger partial charge on any atom is 0.258 e. The van der Waals surface area contributed by atoms with Crippen molar-refractivity contribution in [1.29, 1.82) is 0 Å². The number of rotatable bonds is 2. The Bertz CT molecular complexity index is 772. The van der Waals surface area contributed by atoms with E-state index in [0.29, 0.717) is 17.4 Å². The average Bonchev–Trinajstić information content (AvgIpc) is 3.02. The van der Waals surface area contributed by atoms with E-state index >= 15 is 0 Å². The molecule has 0 atom stereocenters. The molecule has 20 heavy (non-hydrogen) atoms. The van der Waals surface area contributed by atoms with Crippen LogP contribution in [-0.2, 0) is 7.05 Å². The predicted molar refractivity (Wildman–Crippen MR) is 75.8 cm³/mol. The smallest absolute Gasteiger partial charge is 0.258 e. The monoisotopic (exact) mass is 269 g/mol. The van der Waals surface area contributed by atoms with Gasteiger partial charge in [-0.1, -0.05) is 5.16 Å². The first-order chi connectivity index (χ1) is 9.54. The van der Waals surface area contributed by atoms with Gasteiger partial charge >= 0.3 is 0 Å². The van der Waals surface area contributed by atoms with Crippen molar-refractivity contribution in [2.24, 2.45) is 7.05 Å². The Balaban J connectivity index is 2.06. The minimum absolute atomic E-state index is 0.469. The van der Waals surface area contributed by atoms with Gasteiger partial charge in [-0.2, -0.15) is 10.1 Å². The number of nitrogens with two attached hydrogens (primary N) is 1. The Morgan fingerprint density at radius 3 is 2.75 bits per heavy atom. The van der Waals surface area contributed by atoms with Crippen LogP contribution in [0.3, 0.4) is 0 Å². The van der Waals surface area contributed by atoms with Gasteiger partial charge < -0.3 is 10.3 Å². The van der Waals surface area contributed by atoms with E-state index in [0.717, 1.165) is 22.3 Å². The van der Waals surface area contributed by atoms with Gasteiger partial charge in [-0.05, 0) is 37.1 Å². The second kappa shape index (κ2) is 4.48. The molecule has 0 saturated heterocycles. The number of aromatic nitrogens is 4.